The molecule has 13 heteroatoms. The number of halogens is 5. The Morgan fingerprint density at radius 2 is 1.53 bits per heavy atom. The van der Waals surface area contributed by atoms with Gasteiger partial charge in [-0.15, -0.1) is 0 Å². The van der Waals surface area contributed by atoms with Crippen molar-refractivity contribution in [2.24, 2.45) is 5.92 Å². The molecule has 0 saturated carbocycles. The number of alkyl halides is 3. The molecule has 0 radical (unpaired) electrons. The van der Waals surface area contributed by atoms with Gasteiger partial charge in [0.15, 0.2) is 0 Å². The van der Waals surface area contributed by atoms with E-state index < -0.39 is 46.2 Å². The second kappa shape index (κ2) is 14.5. The van der Waals surface area contributed by atoms with Crippen LogP contribution in [0.4, 0.5) is 18.9 Å². The third-order valence-electron chi connectivity index (χ3n) is 6.49. The molecule has 1 N–H and O–H groups in total. The summed E-state index contributed by atoms with van der Waals surface area (Å²) in [6.07, 6.45) is -3.90. The molecule has 3 aromatic rings. The van der Waals surface area contributed by atoms with E-state index in [0.29, 0.717) is 28.0 Å². The molecule has 0 saturated heterocycles. The lowest BCUT2D eigenvalue weighted by atomic mass is 10.0. The second-order valence-corrected chi connectivity index (χ2v) is 13.1. The predicted octanol–water partition coefficient (Wildman–Crippen LogP) is 6.19. The topological polar surface area (TPSA) is 86.8 Å². The lowest BCUT2D eigenvalue weighted by Crippen LogP contribution is -2.53. The zero-order chi connectivity index (χ0) is 31.9. The third kappa shape index (κ3) is 9.61. The summed E-state index contributed by atoms with van der Waals surface area (Å²) in [5.41, 5.74) is -0.405. The standard InChI is InChI=1S/C30H32Cl2F3N3O4S/c1-20(2)17-36-29(40)27(15-21-9-5-4-6-10-21)37(18-24-25(31)13-8-14-26(24)32)28(39)19-38(43(3,41)42)23-12-7-11-22(16-23)30(33,34)35/h4-14,16,20,27H,15,17-19H2,1-3H3,(H,36,40)/t27-/m0/s1. The van der Waals surface area contributed by atoms with Crippen molar-refractivity contribution in [3.8, 4) is 0 Å². The maximum Gasteiger partial charge on any atom is 0.416 e. The van der Waals surface area contributed by atoms with Gasteiger partial charge in [-0.1, -0.05) is 79.5 Å². The van der Waals surface area contributed by atoms with Crippen LogP contribution in [0, 0.1) is 5.92 Å². The van der Waals surface area contributed by atoms with Crippen molar-refractivity contribution in [2.45, 2.75) is 39.0 Å². The zero-order valence-corrected chi connectivity index (χ0v) is 26.1. The van der Waals surface area contributed by atoms with E-state index in [4.69, 9.17) is 23.2 Å². The number of amides is 2. The number of hydrogen-bond donors (Lipinski definition) is 1. The van der Waals surface area contributed by atoms with Crippen LogP contribution >= 0.6 is 23.2 Å². The van der Waals surface area contributed by atoms with Gasteiger partial charge in [0.25, 0.3) is 0 Å². The van der Waals surface area contributed by atoms with E-state index in [-0.39, 0.29) is 34.6 Å². The molecule has 3 aromatic carbocycles. The average molecular weight is 659 g/mol. The van der Waals surface area contributed by atoms with Gasteiger partial charge in [0, 0.05) is 35.1 Å². The van der Waals surface area contributed by atoms with Crippen molar-refractivity contribution in [3.05, 3.63) is 99.5 Å². The first-order chi connectivity index (χ1) is 20.1. The van der Waals surface area contributed by atoms with Crippen LogP contribution in [-0.4, -0.2) is 50.5 Å². The van der Waals surface area contributed by atoms with Gasteiger partial charge in [0.2, 0.25) is 21.8 Å². The van der Waals surface area contributed by atoms with Crippen molar-refractivity contribution in [2.75, 3.05) is 23.7 Å². The van der Waals surface area contributed by atoms with Crippen LogP contribution < -0.4 is 9.62 Å². The van der Waals surface area contributed by atoms with Crippen LogP contribution in [0.2, 0.25) is 10.0 Å². The summed E-state index contributed by atoms with van der Waals surface area (Å²) < 4.78 is 66.6. The molecule has 0 heterocycles. The molecule has 0 aromatic heterocycles. The molecule has 0 spiro atoms. The van der Waals surface area contributed by atoms with Gasteiger partial charge in [-0.2, -0.15) is 13.2 Å². The molecule has 232 valence electrons. The van der Waals surface area contributed by atoms with Gasteiger partial charge >= 0.3 is 6.18 Å². The maximum absolute atomic E-state index is 14.1. The average Bonchev–Trinajstić information content (AvgIpc) is 2.93. The molecule has 0 aliphatic carbocycles. The predicted molar refractivity (Wildman–Crippen MR) is 162 cm³/mol. The Bertz CT molecular complexity index is 1520. The van der Waals surface area contributed by atoms with Crippen LogP contribution in [0.15, 0.2) is 72.8 Å². The number of nitrogens with zero attached hydrogens (tertiary/aromatic N) is 2. The Balaban J connectivity index is 2.12. The summed E-state index contributed by atoms with van der Waals surface area (Å²) in [5, 5.41) is 3.26. The molecule has 0 fully saturated rings. The number of benzene rings is 3. The molecule has 3 rings (SSSR count). The van der Waals surface area contributed by atoms with Gasteiger partial charge < -0.3 is 10.2 Å². The van der Waals surface area contributed by atoms with Crippen LogP contribution in [0.3, 0.4) is 0 Å². The van der Waals surface area contributed by atoms with Crippen LogP contribution in [0.25, 0.3) is 0 Å². The Labute approximate surface area is 259 Å². The highest BCUT2D eigenvalue weighted by Crippen LogP contribution is 2.33. The minimum absolute atomic E-state index is 0.0566. The van der Waals surface area contributed by atoms with E-state index in [9.17, 15) is 31.2 Å². The van der Waals surface area contributed by atoms with E-state index in [1.165, 1.54) is 4.90 Å². The Morgan fingerprint density at radius 3 is 2.09 bits per heavy atom. The lowest BCUT2D eigenvalue weighted by molar-refractivity contribution is -0.140. The van der Waals surface area contributed by atoms with E-state index in [0.717, 1.165) is 24.5 Å². The van der Waals surface area contributed by atoms with E-state index >= 15 is 0 Å². The summed E-state index contributed by atoms with van der Waals surface area (Å²) in [5.74, 6) is -1.26. The van der Waals surface area contributed by atoms with Crippen LogP contribution in [0.5, 0.6) is 0 Å². The number of rotatable bonds is 12. The third-order valence-corrected chi connectivity index (χ3v) is 8.34. The van der Waals surface area contributed by atoms with Gasteiger partial charge in [0.05, 0.1) is 17.5 Å². The highest BCUT2D eigenvalue weighted by molar-refractivity contribution is 7.92. The summed E-state index contributed by atoms with van der Waals surface area (Å²) in [6, 6.07) is 16.1. The van der Waals surface area contributed by atoms with Crippen molar-refractivity contribution in [1.82, 2.24) is 10.2 Å². The summed E-state index contributed by atoms with van der Waals surface area (Å²) in [6.45, 7) is 2.95. The molecule has 0 unspecified atom stereocenters. The van der Waals surface area contributed by atoms with Crippen LogP contribution in [0.1, 0.15) is 30.5 Å². The Morgan fingerprint density at radius 1 is 0.930 bits per heavy atom. The second-order valence-electron chi connectivity index (χ2n) is 10.4. The van der Waals surface area contributed by atoms with Crippen molar-refractivity contribution in [3.63, 3.8) is 0 Å². The summed E-state index contributed by atoms with van der Waals surface area (Å²) >= 11 is 12.8. The first kappa shape index (κ1) is 34.2. The molecule has 1 atom stereocenters. The molecular weight excluding hydrogens is 626 g/mol. The molecular formula is C30H32Cl2F3N3O4S. The number of sulfonamides is 1. The van der Waals surface area contributed by atoms with E-state index in [1.54, 1.807) is 48.5 Å². The van der Waals surface area contributed by atoms with Crippen LogP contribution in [-0.2, 0) is 38.8 Å². The number of carbonyl (C=O) groups is 2. The van der Waals surface area contributed by atoms with Gasteiger partial charge in [0.1, 0.15) is 12.6 Å². The highest BCUT2D eigenvalue weighted by atomic mass is 35.5. The van der Waals surface area contributed by atoms with E-state index in [1.807, 2.05) is 13.8 Å². The molecule has 0 aliphatic rings. The fourth-order valence-corrected chi connectivity index (χ4v) is 5.64. The number of anilines is 1. The van der Waals surface area contributed by atoms with Gasteiger partial charge in [-0.3, -0.25) is 13.9 Å². The number of carbonyl (C=O) groups excluding carboxylic acids is 2. The minimum atomic E-state index is -4.74. The van der Waals surface area contributed by atoms with Crippen molar-refractivity contribution < 1.29 is 31.2 Å². The molecule has 7 nitrogen and oxygen atoms in total. The monoisotopic (exact) mass is 657 g/mol. The maximum atomic E-state index is 14.1. The SMILES string of the molecule is CC(C)CNC(=O)[C@H](Cc1ccccc1)N(Cc1c(Cl)cccc1Cl)C(=O)CN(c1cccc(C(F)(F)F)c1)S(C)(=O)=O. The highest BCUT2D eigenvalue weighted by Gasteiger charge is 2.35. The first-order valence-corrected chi connectivity index (χ1v) is 15.9. The number of nitrogens with one attached hydrogen (secondary N) is 1. The smallest absolute Gasteiger partial charge is 0.354 e. The molecule has 0 bridgehead atoms. The van der Waals surface area contributed by atoms with Gasteiger partial charge in [-0.25, -0.2) is 8.42 Å². The van der Waals surface area contributed by atoms with Crippen molar-refractivity contribution >= 4 is 50.7 Å². The quantitative estimate of drug-likeness (QED) is 0.252. The minimum Gasteiger partial charge on any atom is -0.354 e. The summed E-state index contributed by atoms with van der Waals surface area (Å²) in [4.78, 5) is 28.9. The van der Waals surface area contributed by atoms with E-state index in [2.05, 4.69) is 5.32 Å². The Hall–Kier alpha value is -3.28. The Kier molecular flexibility index (Phi) is 11.5. The summed E-state index contributed by atoms with van der Waals surface area (Å²) in [7, 11) is -4.26. The molecule has 0 aliphatic heterocycles. The fraction of sp³-hybridized carbons (Fsp3) is 0.333. The van der Waals surface area contributed by atoms with Crippen molar-refractivity contribution in [1.29, 1.82) is 0 Å². The largest absolute Gasteiger partial charge is 0.416 e. The lowest BCUT2D eigenvalue weighted by Gasteiger charge is -2.34. The number of hydrogen-bond acceptors (Lipinski definition) is 4. The molecule has 43 heavy (non-hydrogen) atoms. The zero-order valence-electron chi connectivity index (χ0n) is 23.7. The van der Waals surface area contributed by atoms with Gasteiger partial charge in [-0.05, 0) is 41.8 Å². The normalized spacial score (nSPS) is 12.6. The first-order valence-electron chi connectivity index (χ1n) is 13.3. The molecule has 2 amide bonds. The fourth-order valence-electron chi connectivity index (χ4n) is 4.28.